The summed E-state index contributed by atoms with van der Waals surface area (Å²) in [5, 5.41) is 11.3. The van der Waals surface area contributed by atoms with Gasteiger partial charge in [0.1, 0.15) is 0 Å². The Labute approximate surface area is 109 Å². The zero-order chi connectivity index (χ0) is 11.5. The molecule has 6 heteroatoms. The topological polar surface area (TPSA) is 50.4 Å². The van der Waals surface area contributed by atoms with Crippen LogP contribution in [0.5, 0.6) is 0 Å². The summed E-state index contributed by atoms with van der Waals surface area (Å²) >= 11 is 6.58. The monoisotopic (exact) mass is 318 g/mol. The second kappa shape index (κ2) is 5.07. The van der Waals surface area contributed by atoms with Gasteiger partial charge in [0.15, 0.2) is 5.09 Å². The molecular weight excluding hydrogens is 312 g/mol. The van der Waals surface area contributed by atoms with E-state index >= 15 is 0 Å². The zero-order valence-electron chi connectivity index (χ0n) is 7.97. The van der Waals surface area contributed by atoms with Gasteiger partial charge in [0.25, 0.3) is 0 Å². The van der Waals surface area contributed by atoms with Crippen LogP contribution in [0.15, 0.2) is 37.6 Å². The van der Waals surface area contributed by atoms with E-state index in [1.54, 1.807) is 17.4 Å². The van der Waals surface area contributed by atoms with Gasteiger partial charge in [-0.15, -0.1) is 11.3 Å². The molecule has 2 heterocycles. The van der Waals surface area contributed by atoms with Gasteiger partial charge in [0, 0.05) is 15.1 Å². The Morgan fingerprint density at radius 2 is 2.31 bits per heavy atom. The normalized spacial score (nSPS) is 10.6. The van der Waals surface area contributed by atoms with E-state index in [0.29, 0.717) is 5.09 Å². The molecule has 0 saturated heterocycles. The molecule has 0 aliphatic rings. The molecule has 16 heavy (non-hydrogen) atoms. The molecule has 1 N–H and O–H groups in total. The standard InChI is InChI=1S/C10H7BrO3S2/c11-6-3-4-15-8(6)5-16-9-2-1-7(14-9)10(12)13/h1-4H,5H2,(H,12,13). The number of thiophene rings is 1. The highest BCUT2D eigenvalue weighted by Crippen LogP contribution is 2.31. The van der Waals surface area contributed by atoms with Crippen LogP contribution in [0.4, 0.5) is 0 Å². The molecule has 0 aliphatic heterocycles. The summed E-state index contributed by atoms with van der Waals surface area (Å²) in [6, 6.07) is 5.13. The average Bonchev–Trinajstić information content (AvgIpc) is 2.83. The summed E-state index contributed by atoms with van der Waals surface area (Å²) in [6.45, 7) is 0. The minimum absolute atomic E-state index is 0.0206. The first kappa shape index (κ1) is 11.8. The first-order valence-electron chi connectivity index (χ1n) is 4.34. The molecule has 0 unspecified atom stereocenters. The van der Waals surface area contributed by atoms with Gasteiger partial charge in [0.2, 0.25) is 5.76 Å². The molecule has 0 bridgehead atoms. The van der Waals surface area contributed by atoms with Crippen molar-refractivity contribution in [1.82, 2.24) is 0 Å². The summed E-state index contributed by atoms with van der Waals surface area (Å²) in [7, 11) is 0. The maximum atomic E-state index is 10.6. The molecule has 0 aliphatic carbocycles. The lowest BCUT2D eigenvalue weighted by Crippen LogP contribution is -1.91. The predicted octanol–water partition coefficient (Wildman–Crippen LogP) is 4.09. The van der Waals surface area contributed by atoms with Crippen LogP contribution in [0.3, 0.4) is 0 Å². The minimum Gasteiger partial charge on any atom is -0.475 e. The van der Waals surface area contributed by atoms with E-state index in [1.807, 2.05) is 11.4 Å². The van der Waals surface area contributed by atoms with Crippen LogP contribution < -0.4 is 0 Å². The number of carboxylic acids is 1. The number of furan rings is 1. The fourth-order valence-electron chi connectivity index (χ4n) is 1.08. The molecule has 0 spiro atoms. The first-order valence-corrected chi connectivity index (χ1v) is 7.00. The SMILES string of the molecule is O=C(O)c1ccc(SCc2sccc2Br)o1. The van der Waals surface area contributed by atoms with Crippen molar-refractivity contribution in [2.75, 3.05) is 0 Å². The van der Waals surface area contributed by atoms with Crippen molar-refractivity contribution in [3.05, 3.63) is 38.7 Å². The molecule has 0 fully saturated rings. The van der Waals surface area contributed by atoms with Gasteiger partial charge in [-0.25, -0.2) is 4.79 Å². The number of rotatable bonds is 4. The van der Waals surface area contributed by atoms with Crippen molar-refractivity contribution in [2.45, 2.75) is 10.8 Å². The minimum atomic E-state index is -1.04. The highest BCUT2D eigenvalue weighted by molar-refractivity contribution is 9.10. The van der Waals surface area contributed by atoms with Crippen molar-refractivity contribution in [2.24, 2.45) is 0 Å². The summed E-state index contributed by atoms with van der Waals surface area (Å²) < 4.78 is 6.21. The van der Waals surface area contributed by atoms with Gasteiger partial charge >= 0.3 is 5.97 Å². The second-order valence-electron chi connectivity index (χ2n) is 2.90. The Bertz CT molecular complexity index is 504. The van der Waals surface area contributed by atoms with Crippen LogP contribution in [0, 0.1) is 0 Å². The van der Waals surface area contributed by atoms with Crippen molar-refractivity contribution >= 4 is 45.0 Å². The quantitative estimate of drug-likeness (QED) is 0.862. The van der Waals surface area contributed by atoms with E-state index in [-0.39, 0.29) is 5.76 Å². The third-order valence-electron chi connectivity index (χ3n) is 1.83. The van der Waals surface area contributed by atoms with Gasteiger partial charge in [0.05, 0.1) is 0 Å². The first-order chi connectivity index (χ1) is 7.66. The van der Waals surface area contributed by atoms with E-state index in [1.165, 1.54) is 22.7 Å². The Morgan fingerprint density at radius 3 is 2.88 bits per heavy atom. The van der Waals surface area contributed by atoms with Crippen molar-refractivity contribution in [1.29, 1.82) is 0 Å². The third kappa shape index (κ3) is 2.69. The molecule has 2 aromatic heterocycles. The Hall–Kier alpha value is -0.720. The highest BCUT2D eigenvalue weighted by Gasteiger charge is 2.10. The molecule has 0 amide bonds. The summed E-state index contributed by atoms with van der Waals surface area (Å²) in [5.41, 5.74) is 0. The Kier molecular flexibility index (Phi) is 3.73. The summed E-state index contributed by atoms with van der Waals surface area (Å²) in [6.07, 6.45) is 0. The van der Waals surface area contributed by atoms with Gasteiger partial charge in [-0.05, 0) is 39.5 Å². The number of carbonyl (C=O) groups is 1. The van der Waals surface area contributed by atoms with E-state index in [2.05, 4.69) is 15.9 Å². The van der Waals surface area contributed by atoms with Crippen LogP contribution in [0.1, 0.15) is 15.4 Å². The third-order valence-corrected chi connectivity index (χ3v) is 4.87. The number of hydrogen-bond acceptors (Lipinski definition) is 4. The predicted molar refractivity (Wildman–Crippen MR) is 67.2 cm³/mol. The van der Waals surface area contributed by atoms with Crippen LogP contribution in [0.25, 0.3) is 0 Å². The summed E-state index contributed by atoms with van der Waals surface area (Å²) in [5.74, 6) is -0.290. The van der Waals surface area contributed by atoms with Crippen LogP contribution >= 0.6 is 39.0 Å². The smallest absolute Gasteiger partial charge is 0.371 e. The number of halogens is 1. The van der Waals surface area contributed by atoms with Crippen LogP contribution in [-0.4, -0.2) is 11.1 Å². The number of aromatic carboxylic acids is 1. The van der Waals surface area contributed by atoms with E-state index < -0.39 is 5.97 Å². The molecule has 84 valence electrons. The van der Waals surface area contributed by atoms with Crippen molar-refractivity contribution in [3.8, 4) is 0 Å². The molecule has 0 radical (unpaired) electrons. The number of carboxylic acid groups (broad SMARTS) is 1. The lowest BCUT2D eigenvalue weighted by atomic mass is 10.5. The lowest BCUT2D eigenvalue weighted by molar-refractivity contribution is 0.0656. The number of thioether (sulfide) groups is 1. The van der Waals surface area contributed by atoms with Gasteiger partial charge in [-0.3, -0.25) is 0 Å². The lowest BCUT2D eigenvalue weighted by Gasteiger charge is -1.96. The largest absolute Gasteiger partial charge is 0.475 e. The van der Waals surface area contributed by atoms with Crippen LogP contribution in [0.2, 0.25) is 0 Å². The molecular formula is C10H7BrO3S2. The summed E-state index contributed by atoms with van der Waals surface area (Å²) in [4.78, 5) is 11.8. The molecule has 3 nitrogen and oxygen atoms in total. The second-order valence-corrected chi connectivity index (χ2v) is 5.74. The zero-order valence-corrected chi connectivity index (χ0v) is 11.2. The molecule has 0 aromatic carbocycles. The van der Waals surface area contributed by atoms with E-state index in [9.17, 15) is 4.79 Å². The van der Waals surface area contributed by atoms with Crippen LogP contribution in [-0.2, 0) is 5.75 Å². The average molecular weight is 319 g/mol. The highest BCUT2D eigenvalue weighted by atomic mass is 79.9. The van der Waals surface area contributed by atoms with Crippen molar-refractivity contribution in [3.63, 3.8) is 0 Å². The van der Waals surface area contributed by atoms with Gasteiger partial charge < -0.3 is 9.52 Å². The fourth-order valence-corrected chi connectivity index (χ4v) is 3.73. The molecule has 2 rings (SSSR count). The fraction of sp³-hybridized carbons (Fsp3) is 0.100. The van der Waals surface area contributed by atoms with E-state index in [4.69, 9.17) is 9.52 Å². The Morgan fingerprint density at radius 1 is 1.50 bits per heavy atom. The van der Waals surface area contributed by atoms with E-state index in [0.717, 1.165) is 10.2 Å². The maximum absolute atomic E-state index is 10.6. The molecule has 0 saturated carbocycles. The number of hydrogen-bond donors (Lipinski definition) is 1. The molecule has 0 atom stereocenters. The van der Waals surface area contributed by atoms with Gasteiger partial charge in [-0.2, -0.15) is 0 Å². The van der Waals surface area contributed by atoms with Gasteiger partial charge in [-0.1, -0.05) is 11.8 Å². The molecule has 2 aromatic rings. The maximum Gasteiger partial charge on any atom is 0.371 e. The Balaban J connectivity index is 2.00. The van der Waals surface area contributed by atoms with Crippen molar-refractivity contribution < 1.29 is 14.3 Å².